The highest BCUT2D eigenvalue weighted by Crippen LogP contribution is 2.16. The molecule has 0 aliphatic heterocycles. The van der Waals surface area contributed by atoms with Crippen molar-refractivity contribution in [3.05, 3.63) is 60.8 Å². The Morgan fingerprint density at radius 3 is 0.831 bits per heavy atom. The fourth-order valence-electron chi connectivity index (χ4n) is 8.79. The van der Waals surface area contributed by atoms with Gasteiger partial charge in [0.25, 0.3) is 0 Å². The zero-order valence-corrected chi connectivity index (χ0v) is 47.2. The van der Waals surface area contributed by atoms with Gasteiger partial charge in [0.2, 0.25) is 0 Å². The van der Waals surface area contributed by atoms with Gasteiger partial charge in [0.05, 0.1) is 0 Å². The minimum atomic E-state index is -0.790. The van der Waals surface area contributed by atoms with E-state index < -0.39 is 6.10 Å². The van der Waals surface area contributed by atoms with Crippen LogP contribution < -0.4 is 0 Å². The van der Waals surface area contributed by atoms with Crippen LogP contribution in [0.15, 0.2) is 60.8 Å². The second-order valence-electron chi connectivity index (χ2n) is 20.6. The van der Waals surface area contributed by atoms with Crippen molar-refractivity contribution in [1.82, 2.24) is 0 Å². The lowest BCUT2D eigenvalue weighted by molar-refractivity contribution is -0.167. The normalized spacial score (nSPS) is 12.4. The topological polar surface area (TPSA) is 78.9 Å². The highest BCUT2D eigenvalue weighted by Gasteiger charge is 2.19. The van der Waals surface area contributed by atoms with Crippen molar-refractivity contribution in [2.75, 3.05) is 13.2 Å². The van der Waals surface area contributed by atoms with Crippen LogP contribution >= 0.6 is 0 Å². The number of esters is 3. The van der Waals surface area contributed by atoms with Crippen molar-refractivity contribution in [1.29, 1.82) is 0 Å². The summed E-state index contributed by atoms with van der Waals surface area (Å²) >= 11 is 0. The Hall–Kier alpha value is -2.89. The van der Waals surface area contributed by atoms with Crippen molar-refractivity contribution in [3.63, 3.8) is 0 Å². The molecule has 0 aromatic carbocycles. The highest BCUT2D eigenvalue weighted by molar-refractivity contribution is 5.71. The second kappa shape index (κ2) is 59.7. The molecule has 0 saturated heterocycles. The summed E-state index contributed by atoms with van der Waals surface area (Å²) in [5.74, 6) is -0.902. The lowest BCUT2D eigenvalue weighted by atomic mass is 10.0. The Bertz CT molecular complexity index is 1280. The maximum Gasteiger partial charge on any atom is 0.306 e. The lowest BCUT2D eigenvalue weighted by Gasteiger charge is -2.18. The molecule has 0 aromatic rings. The van der Waals surface area contributed by atoms with Gasteiger partial charge >= 0.3 is 17.9 Å². The number of hydrogen-bond acceptors (Lipinski definition) is 6. The third-order valence-electron chi connectivity index (χ3n) is 13.5. The standard InChI is InChI=1S/C65H116O6/c1-4-7-10-13-16-19-22-25-28-30-31-32-33-35-37-40-43-46-49-52-55-58-64(67)70-61-62(60-69-63(66)57-54-51-48-45-42-39-36-27-24-21-18-15-12-9-6-3)71-65(68)59-56-53-50-47-44-41-38-34-29-26-23-20-17-14-11-8-5-2/h17,20,25-29,36,38,41,62H,4-16,18-19,21-24,30-35,37,39-40,42-61H2,1-3H3/b20-17-,28-25-,29-26-,36-27-,41-38-/t62-/m0/s1. The Balaban J connectivity index is 4.38. The molecule has 0 fully saturated rings. The second-order valence-corrected chi connectivity index (χ2v) is 20.6. The smallest absolute Gasteiger partial charge is 0.306 e. The minimum absolute atomic E-state index is 0.0848. The minimum Gasteiger partial charge on any atom is -0.462 e. The first kappa shape index (κ1) is 68.1. The third kappa shape index (κ3) is 57.9. The van der Waals surface area contributed by atoms with E-state index in [1.165, 1.54) is 186 Å². The maximum absolute atomic E-state index is 12.9. The van der Waals surface area contributed by atoms with Crippen LogP contribution in [0.1, 0.15) is 316 Å². The molecule has 0 aliphatic carbocycles. The summed E-state index contributed by atoms with van der Waals surface area (Å²) in [7, 11) is 0. The van der Waals surface area contributed by atoms with E-state index in [1.807, 2.05) is 0 Å². The quantitative estimate of drug-likeness (QED) is 0.0261. The molecular weight excluding hydrogens is 877 g/mol. The Morgan fingerprint density at radius 2 is 0.507 bits per heavy atom. The predicted molar refractivity (Wildman–Crippen MR) is 307 cm³/mol. The van der Waals surface area contributed by atoms with Crippen LogP contribution in [0.3, 0.4) is 0 Å². The van der Waals surface area contributed by atoms with E-state index in [0.29, 0.717) is 19.3 Å². The third-order valence-corrected chi connectivity index (χ3v) is 13.5. The van der Waals surface area contributed by atoms with Crippen LogP contribution in [0, 0.1) is 0 Å². The highest BCUT2D eigenvalue weighted by atomic mass is 16.6. The summed E-state index contributed by atoms with van der Waals surface area (Å²) in [5, 5.41) is 0. The van der Waals surface area contributed by atoms with Crippen LogP contribution in [0.4, 0.5) is 0 Å². The molecule has 0 amide bonds. The SMILES string of the molecule is CCCCC/C=C\C/C=C\C/C=C\CCCCCCC(=O)O[C@@H](COC(=O)CCCCCCC/C=C\CCCCCCCC)COC(=O)CCCCCCCCCCCCC/C=C\CCCCCCCC. The molecule has 412 valence electrons. The molecule has 0 aromatic heterocycles. The van der Waals surface area contributed by atoms with Crippen LogP contribution in [0.5, 0.6) is 0 Å². The number of allylic oxidation sites excluding steroid dienone is 10. The molecule has 0 spiro atoms. The summed E-state index contributed by atoms with van der Waals surface area (Å²) in [5.41, 5.74) is 0. The maximum atomic E-state index is 12.9. The van der Waals surface area contributed by atoms with Gasteiger partial charge in [-0.15, -0.1) is 0 Å². The zero-order chi connectivity index (χ0) is 51.4. The van der Waals surface area contributed by atoms with E-state index >= 15 is 0 Å². The van der Waals surface area contributed by atoms with Gasteiger partial charge in [-0.3, -0.25) is 14.4 Å². The number of unbranched alkanes of at least 4 members (excludes halogenated alkanes) is 35. The van der Waals surface area contributed by atoms with E-state index in [9.17, 15) is 14.4 Å². The van der Waals surface area contributed by atoms with E-state index in [4.69, 9.17) is 14.2 Å². The summed E-state index contributed by atoms with van der Waals surface area (Å²) in [6, 6.07) is 0. The summed E-state index contributed by atoms with van der Waals surface area (Å²) < 4.78 is 16.9. The predicted octanol–water partition coefficient (Wildman–Crippen LogP) is 20.8. The first-order valence-electron chi connectivity index (χ1n) is 30.8. The Labute approximate surface area is 440 Å². The van der Waals surface area contributed by atoms with Crippen molar-refractivity contribution in [3.8, 4) is 0 Å². The molecule has 0 unspecified atom stereocenters. The van der Waals surface area contributed by atoms with Crippen molar-refractivity contribution >= 4 is 17.9 Å². The molecule has 71 heavy (non-hydrogen) atoms. The number of carbonyl (C=O) groups excluding carboxylic acids is 3. The largest absolute Gasteiger partial charge is 0.462 e. The molecule has 0 radical (unpaired) electrons. The fraction of sp³-hybridized carbons (Fsp3) is 0.800. The van der Waals surface area contributed by atoms with Gasteiger partial charge in [0.15, 0.2) is 6.10 Å². The summed E-state index contributed by atoms with van der Waals surface area (Å²) in [6.45, 7) is 6.61. The van der Waals surface area contributed by atoms with E-state index in [2.05, 4.69) is 81.5 Å². The molecule has 0 aliphatic rings. The Kier molecular flexibility index (Phi) is 57.2. The molecule has 0 bridgehead atoms. The molecule has 0 N–H and O–H groups in total. The van der Waals surface area contributed by atoms with Crippen LogP contribution in [-0.2, 0) is 28.6 Å². The zero-order valence-electron chi connectivity index (χ0n) is 47.2. The molecule has 6 heteroatoms. The van der Waals surface area contributed by atoms with E-state index in [-0.39, 0.29) is 31.1 Å². The summed E-state index contributed by atoms with van der Waals surface area (Å²) in [4.78, 5) is 38.2. The fourth-order valence-corrected chi connectivity index (χ4v) is 8.79. The lowest BCUT2D eigenvalue weighted by Crippen LogP contribution is -2.30. The van der Waals surface area contributed by atoms with Crippen LogP contribution in [-0.4, -0.2) is 37.2 Å². The average molecular weight is 994 g/mol. The monoisotopic (exact) mass is 993 g/mol. The van der Waals surface area contributed by atoms with Gasteiger partial charge in [-0.2, -0.15) is 0 Å². The van der Waals surface area contributed by atoms with Gasteiger partial charge in [-0.1, -0.05) is 248 Å². The van der Waals surface area contributed by atoms with Crippen molar-refractivity contribution in [2.24, 2.45) is 0 Å². The first-order chi connectivity index (χ1) is 35.0. The van der Waals surface area contributed by atoms with Crippen molar-refractivity contribution in [2.45, 2.75) is 322 Å². The molecule has 6 nitrogen and oxygen atoms in total. The number of rotatable bonds is 56. The number of carbonyl (C=O) groups is 3. The van der Waals surface area contributed by atoms with E-state index in [1.54, 1.807) is 0 Å². The Morgan fingerprint density at radius 1 is 0.282 bits per heavy atom. The average Bonchev–Trinajstić information content (AvgIpc) is 3.37. The molecule has 1 atom stereocenters. The number of ether oxygens (including phenoxy) is 3. The number of hydrogen-bond donors (Lipinski definition) is 0. The van der Waals surface area contributed by atoms with Gasteiger partial charge in [0.1, 0.15) is 13.2 Å². The van der Waals surface area contributed by atoms with Gasteiger partial charge in [-0.25, -0.2) is 0 Å². The van der Waals surface area contributed by atoms with Gasteiger partial charge in [0, 0.05) is 19.3 Å². The molecular formula is C65H116O6. The van der Waals surface area contributed by atoms with Crippen LogP contribution in [0.25, 0.3) is 0 Å². The van der Waals surface area contributed by atoms with Gasteiger partial charge < -0.3 is 14.2 Å². The molecule has 0 saturated carbocycles. The molecule has 0 rings (SSSR count). The van der Waals surface area contributed by atoms with Crippen molar-refractivity contribution < 1.29 is 28.6 Å². The van der Waals surface area contributed by atoms with Gasteiger partial charge in [-0.05, 0) is 109 Å². The van der Waals surface area contributed by atoms with E-state index in [0.717, 1.165) is 89.9 Å². The first-order valence-corrected chi connectivity index (χ1v) is 30.8. The van der Waals surface area contributed by atoms with Crippen LogP contribution in [0.2, 0.25) is 0 Å². The summed E-state index contributed by atoms with van der Waals surface area (Å²) in [6.07, 6.45) is 75.0. The molecule has 0 heterocycles.